The van der Waals surface area contributed by atoms with E-state index in [9.17, 15) is 4.79 Å². The van der Waals surface area contributed by atoms with Crippen LogP contribution in [0.1, 0.15) is 41.5 Å². The van der Waals surface area contributed by atoms with Crippen molar-refractivity contribution < 1.29 is 4.79 Å². The van der Waals surface area contributed by atoms with E-state index in [-0.39, 0.29) is 11.9 Å². The van der Waals surface area contributed by atoms with Crippen molar-refractivity contribution in [1.29, 1.82) is 0 Å². The first-order chi connectivity index (χ1) is 9.69. The van der Waals surface area contributed by atoms with Crippen molar-refractivity contribution in [3.63, 3.8) is 0 Å². The Bertz CT molecular complexity index is 555. The lowest BCUT2D eigenvalue weighted by atomic mass is 10.2. The van der Waals surface area contributed by atoms with Crippen LogP contribution in [0.4, 0.5) is 0 Å². The number of amides is 1. The van der Waals surface area contributed by atoms with Gasteiger partial charge in [-0.25, -0.2) is 4.98 Å². The molecule has 6 heteroatoms. The summed E-state index contributed by atoms with van der Waals surface area (Å²) in [6, 6.07) is -0.00414. The molecule has 0 aliphatic heterocycles. The van der Waals surface area contributed by atoms with Crippen molar-refractivity contribution >= 4 is 17.2 Å². The maximum absolute atomic E-state index is 12.1. The summed E-state index contributed by atoms with van der Waals surface area (Å²) in [4.78, 5) is 24.6. The van der Waals surface area contributed by atoms with Crippen molar-refractivity contribution in [1.82, 2.24) is 20.3 Å². The normalized spacial score (nSPS) is 12.1. The summed E-state index contributed by atoms with van der Waals surface area (Å²) in [7, 11) is 0. The molecule has 0 saturated heterocycles. The number of carbonyl (C=O) groups is 1. The van der Waals surface area contributed by atoms with E-state index >= 15 is 0 Å². The van der Waals surface area contributed by atoms with E-state index in [1.807, 2.05) is 12.3 Å². The molecule has 0 spiro atoms. The van der Waals surface area contributed by atoms with Crippen molar-refractivity contribution in [3.8, 4) is 0 Å². The van der Waals surface area contributed by atoms with Gasteiger partial charge in [-0.3, -0.25) is 14.8 Å². The minimum absolute atomic E-state index is 0.00414. The van der Waals surface area contributed by atoms with Crippen LogP contribution in [0, 0.1) is 0 Å². The molecule has 0 bridgehead atoms. The van der Waals surface area contributed by atoms with E-state index in [1.54, 1.807) is 18.6 Å². The highest BCUT2D eigenvalue weighted by atomic mass is 32.1. The summed E-state index contributed by atoms with van der Waals surface area (Å²) >= 11 is 1.54. The minimum atomic E-state index is -0.125. The zero-order chi connectivity index (χ0) is 14.4. The second-order valence-electron chi connectivity index (χ2n) is 4.65. The summed E-state index contributed by atoms with van der Waals surface area (Å²) in [5.74, 6) is -0.125. The van der Waals surface area contributed by atoms with Gasteiger partial charge in [-0.2, -0.15) is 0 Å². The lowest BCUT2D eigenvalue weighted by molar-refractivity contribution is 0.0935. The second kappa shape index (κ2) is 7.09. The van der Waals surface area contributed by atoms with E-state index in [4.69, 9.17) is 0 Å². The molecular weight excluding hydrogens is 272 g/mol. The molecule has 2 aromatic heterocycles. The second-order valence-corrected chi connectivity index (χ2v) is 5.59. The highest BCUT2D eigenvalue weighted by Gasteiger charge is 2.14. The van der Waals surface area contributed by atoms with Gasteiger partial charge >= 0.3 is 0 Å². The molecule has 20 heavy (non-hydrogen) atoms. The number of nitrogens with one attached hydrogen (secondary N) is 1. The average Bonchev–Trinajstić information content (AvgIpc) is 2.89. The number of hydrogen-bond donors (Lipinski definition) is 1. The first kappa shape index (κ1) is 14.6. The predicted octanol–water partition coefficient (Wildman–Crippen LogP) is 2.25. The summed E-state index contributed by atoms with van der Waals surface area (Å²) in [6.45, 7) is 4.05. The third-order valence-electron chi connectivity index (χ3n) is 2.76. The Labute approximate surface area is 122 Å². The Morgan fingerprint density at radius 3 is 3.00 bits per heavy atom. The topological polar surface area (TPSA) is 67.8 Å². The van der Waals surface area contributed by atoms with Crippen LogP contribution in [-0.2, 0) is 12.8 Å². The molecule has 0 aliphatic rings. The maximum Gasteiger partial charge on any atom is 0.270 e. The highest BCUT2D eigenvalue weighted by molar-refractivity contribution is 7.09. The maximum atomic E-state index is 12.1. The van der Waals surface area contributed by atoms with Crippen LogP contribution in [0.5, 0.6) is 0 Å². The van der Waals surface area contributed by atoms with Crippen LogP contribution in [0.2, 0.25) is 0 Å². The van der Waals surface area contributed by atoms with Crippen LogP contribution >= 0.6 is 11.3 Å². The Balaban J connectivity index is 1.90. The molecule has 1 amide bonds. The van der Waals surface area contributed by atoms with Crippen molar-refractivity contribution in [2.75, 3.05) is 0 Å². The molecule has 5 nitrogen and oxygen atoms in total. The van der Waals surface area contributed by atoms with E-state index in [1.165, 1.54) is 11.3 Å². The summed E-state index contributed by atoms with van der Waals surface area (Å²) in [5, 5.41) is 5.77. The van der Waals surface area contributed by atoms with E-state index in [0.717, 1.165) is 23.5 Å². The van der Waals surface area contributed by atoms with Gasteiger partial charge < -0.3 is 5.32 Å². The molecule has 0 saturated carbocycles. The number of aromatic nitrogens is 3. The van der Waals surface area contributed by atoms with Gasteiger partial charge in [0.2, 0.25) is 0 Å². The van der Waals surface area contributed by atoms with Gasteiger partial charge in [-0.05, 0) is 19.8 Å². The Kier molecular flexibility index (Phi) is 5.17. The van der Waals surface area contributed by atoms with Crippen LogP contribution < -0.4 is 5.32 Å². The SMILES string of the molecule is CCCc1nc(C(=O)NC(C)Cc2cnccn2)cs1. The summed E-state index contributed by atoms with van der Waals surface area (Å²) in [5.41, 5.74) is 1.37. The molecule has 106 valence electrons. The van der Waals surface area contributed by atoms with Crippen LogP contribution in [0.15, 0.2) is 24.0 Å². The fourth-order valence-corrected chi connectivity index (χ4v) is 2.72. The largest absolute Gasteiger partial charge is 0.348 e. The molecule has 2 rings (SSSR count). The standard InChI is InChI=1S/C14H18N4OS/c1-3-4-13-18-12(9-20-13)14(19)17-10(2)7-11-8-15-5-6-16-11/h5-6,8-10H,3-4,7H2,1-2H3,(H,17,19). The van der Waals surface area contributed by atoms with E-state index < -0.39 is 0 Å². The van der Waals surface area contributed by atoms with Gasteiger partial charge in [0.25, 0.3) is 5.91 Å². The molecule has 0 fully saturated rings. The van der Waals surface area contributed by atoms with Crippen molar-refractivity contribution in [2.45, 2.75) is 39.2 Å². The fourth-order valence-electron chi connectivity index (χ4n) is 1.84. The first-order valence-electron chi connectivity index (χ1n) is 6.69. The van der Waals surface area contributed by atoms with Crippen LogP contribution in [0.3, 0.4) is 0 Å². The predicted molar refractivity (Wildman–Crippen MR) is 78.8 cm³/mol. The Morgan fingerprint density at radius 1 is 1.45 bits per heavy atom. The number of aryl methyl sites for hydroxylation is 1. The third-order valence-corrected chi connectivity index (χ3v) is 3.67. The molecule has 2 aromatic rings. The van der Waals surface area contributed by atoms with Crippen LogP contribution in [0.25, 0.3) is 0 Å². The highest BCUT2D eigenvalue weighted by Crippen LogP contribution is 2.12. The first-order valence-corrected chi connectivity index (χ1v) is 7.57. The lowest BCUT2D eigenvalue weighted by Gasteiger charge is -2.12. The van der Waals surface area contributed by atoms with Crippen molar-refractivity contribution in [3.05, 3.63) is 40.4 Å². The average molecular weight is 290 g/mol. The van der Waals surface area contributed by atoms with Gasteiger partial charge in [0.05, 0.1) is 10.7 Å². The molecule has 0 radical (unpaired) electrons. The van der Waals surface area contributed by atoms with Crippen molar-refractivity contribution in [2.24, 2.45) is 0 Å². The minimum Gasteiger partial charge on any atom is -0.348 e. The smallest absolute Gasteiger partial charge is 0.270 e. The van der Waals surface area contributed by atoms with Gasteiger partial charge in [-0.15, -0.1) is 11.3 Å². The van der Waals surface area contributed by atoms with Gasteiger partial charge in [0.1, 0.15) is 5.69 Å². The zero-order valence-corrected chi connectivity index (χ0v) is 12.5. The molecule has 2 heterocycles. The zero-order valence-electron chi connectivity index (χ0n) is 11.7. The molecule has 0 aromatic carbocycles. The van der Waals surface area contributed by atoms with Gasteiger partial charge in [0, 0.05) is 36.4 Å². The van der Waals surface area contributed by atoms with E-state index in [0.29, 0.717) is 12.1 Å². The van der Waals surface area contributed by atoms with Gasteiger partial charge in [-0.1, -0.05) is 6.92 Å². The third kappa shape index (κ3) is 4.09. The number of carbonyl (C=O) groups excluding carboxylic acids is 1. The number of thiazole rings is 1. The quantitative estimate of drug-likeness (QED) is 0.886. The molecule has 1 unspecified atom stereocenters. The molecule has 1 N–H and O–H groups in total. The Morgan fingerprint density at radius 2 is 2.30 bits per heavy atom. The number of rotatable bonds is 6. The monoisotopic (exact) mass is 290 g/mol. The molecular formula is C14H18N4OS. The summed E-state index contributed by atoms with van der Waals surface area (Å²) in [6.07, 6.45) is 7.62. The lowest BCUT2D eigenvalue weighted by Crippen LogP contribution is -2.34. The molecule has 1 atom stereocenters. The van der Waals surface area contributed by atoms with E-state index in [2.05, 4.69) is 27.2 Å². The van der Waals surface area contributed by atoms with Crippen LogP contribution in [-0.4, -0.2) is 26.9 Å². The number of hydrogen-bond acceptors (Lipinski definition) is 5. The molecule has 0 aliphatic carbocycles. The fraction of sp³-hybridized carbons (Fsp3) is 0.429. The van der Waals surface area contributed by atoms with Gasteiger partial charge in [0.15, 0.2) is 0 Å². The Hall–Kier alpha value is -1.82. The summed E-state index contributed by atoms with van der Waals surface area (Å²) < 4.78 is 0. The number of nitrogens with zero attached hydrogens (tertiary/aromatic N) is 3.